The van der Waals surface area contributed by atoms with Gasteiger partial charge in [0.25, 0.3) is 0 Å². The van der Waals surface area contributed by atoms with Crippen molar-refractivity contribution in [3.8, 4) is 0 Å². The predicted molar refractivity (Wildman–Crippen MR) is 65.2 cm³/mol. The number of alkyl halides is 16. The zero-order valence-corrected chi connectivity index (χ0v) is 15.7. The summed E-state index contributed by atoms with van der Waals surface area (Å²) in [6.07, 6.45) is -43.6. The van der Waals surface area contributed by atoms with E-state index >= 15 is 0 Å². The van der Waals surface area contributed by atoms with Crippen molar-refractivity contribution in [2.75, 3.05) is 7.11 Å². The highest BCUT2D eigenvalue weighted by Crippen LogP contribution is 2.57. The Morgan fingerprint density at radius 3 is 1.19 bits per heavy atom. The molecule has 0 spiro atoms. The van der Waals surface area contributed by atoms with E-state index in [1.807, 2.05) is 0 Å². The number of halogens is 19. The van der Waals surface area contributed by atoms with Gasteiger partial charge in [0.2, 0.25) is 0 Å². The molecule has 0 aliphatic rings. The number of methoxy groups -OCH3 is 1. The molecule has 0 saturated heterocycles. The first-order chi connectivity index (χ1) is 15.5. The first-order valence-electron chi connectivity index (χ1n) is 7.38. The average molecular weight is 588 g/mol. The van der Waals surface area contributed by atoms with Crippen LogP contribution in [0.2, 0.25) is 0 Å². The molecule has 0 heterocycles. The van der Waals surface area contributed by atoms with E-state index in [4.69, 9.17) is 0 Å². The Bertz CT molecular complexity index is 843. The molecule has 0 fully saturated rings. The van der Waals surface area contributed by atoms with Crippen LogP contribution in [-0.4, -0.2) is 61.4 Å². The Morgan fingerprint density at radius 1 is 0.556 bits per heavy atom. The maximum atomic E-state index is 14.0. The van der Waals surface area contributed by atoms with Crippen molar-refractivity contribution in [3.05, 3.63) is 12.1 Å². The quantitative estimate of drug-likeness (QED) is 0.175. The summed E-state index contributed by atoms with van der Waals surface area (Å²) in [6, 6.07) is -4.21. The molecule has 5 nitrogen and oxygen atoms in total. The van der Waals surface area contributed by atoms with Gasteiger partial charge in [0, 0.05) is 0 Å². The summed E-state index contributed by atoms with van der Waals surface area (Å²) < 4.78 is 254. The van der Waals surface area contributed by atoms with Gasteiger partial charge in [-0.15, -0.1) is 0 Å². The van der Waals surface area contributed by atoms with Crippen molar-refractivity contribution in [2.45, 2.75) is 48.3 Å². The van der Waals surface area contributed by atoms with E-state index in [-0.39, 0.29) is 7.11 Å². The molecule has 0 aromatic carbocycles. The Hall–Kier alpha value is -2.40. The van der Waals surface area contributed by atoms with Crippen molar-refractivity contribution in [1.82, 2.24) is 0 Å². The Morgan fingerprint density at radius 2 is 0.889 bits per heavy atom. The summed E-state index contributed by atoms with van der Waals surface area (Å²) in [7, 11) is -0.201. The second kappa shape index (κ2) is 9.48. The van der Waals surface area contributed by atoms with Crippen molar-refractivity contribution < 1.29 is 107 Å². The number of carbonyl (C=O) groups excluding carboxylic acids is 1. The summed E-state index contributed by atoms with van der Waals surface area (Å²) in [5.74, 6) is -26.8. The van der Waals surface area contributed by atoms with Gasteiger partial charge in [-0.2, -0.15) is 83.4 Å². The van der Waals surface area contributed by atoms with Crippen LogP contribution in [0.1, 0.15) is 0 Å². The van der Waals surface area contributed by atoms with Gasteiger partial charge < -0.3 is 9.47 Å². The molecule has 0 aliphatic heterocycles. The molecule has 0 radical (unpaired) electrons. The number of rotatable bonds is 10. The first kappa shape index (κ1) is 33.6. The fourth-order valence-electron chi connectivity index (χ4n) is 1.51. The molecular formula is C12H3F19O5. The highest BCUT2D eigenvalue weighted by Gasteiger charge is 2.86. The van der Waals surface area contributed by atoms with Crippen molar-refractivity contribution in [3.63, 3.8) is 0 Å². The Balaban J connectivity index is 6.96. The van der Waals surface area contributed by atoms with Gasteiger partial charge in [0.05, 0.1) is 7.11 Å². The predicted octanol–water partition coefficient (Wildman–Crippen LogP) is 6.11. The highest BCUT2D eigenvalue weighted by molar-refractivity contribution is 5.78. The number of esters is 1. The third-order valence-corrected chi connectivity index (χ3v) is 3.19. The summed E-state index contributed by atoms with van der Waals surface area (Å²) in [5.41, 5.74) is 0. The minimum absolute atomic E-state index is 0.201. The van der Waals surface area contributed by atoms with E-state index in [9.17, 15) is 88.2 Å². The molecule has 0 aromatic heterocycles. The number of hydrogen-bond acceptors (Lipinski definition) is 5. The topological polar surface area (TPSA) is 54.0 Å². The molecule has 0 rings (SSSR count). The van der Waals surface area contributed by atoms with Gasteiger partial charge in [0.1, 0.15) is 0 Å². The maximum absolute atomic E-state index is 14.0. The molecule has 0 aromatic rings. The van der Waals surface area contributed by atoms with E-state index in [1.165, 1.54) is 9.47 Å². The van der Waals surface area contributed by atoms with E-state index in [1.54, 1.807) is 4.74 Å². The molecular weight excluding hydrogens is 585 g/mol. The minimum atomic E-state index is -8.29. The lowest BCUT2D eigenvalue weighted by Crippen LogP contribution is -2.69. The van der Waals surface area contributed by atoms with E-state index < -0.39 is 66.4 Å². The standard InChI is InChI=1S/C12H3F19O5/c1-33-4(32)5(16,17)10(26,27)35-7(19,9(23,24)25)12(30,31)36-6(18,8(20,21)22)11(28,29)34-3(15)2(13)14/h1H3. The number of ether oxygens (including phenoxy) is 4. The van der Waals surface area contributed by atoms with Crippen LogP contribution >= 0.6 is 0 Å². The van der Waals surface area contributed by atoms with Gasteiger partial charge in [-0.3, -0.25) is 9.47 Å². The average Bonchev–Trinajstić information content (AvgIpc) is 2.63. The zero-order chi connectivity index (χ0) is 29.6. The zero-order valence-electron chi connectivity index (χ0n) is 15.7. The van der Waals surface area contributed by atoms with Crippen LogP contribution in [0.4, 0.5) is 83.4 Å². The molecule has 0 saturated carbocycles. The third kappa shape index (κ3) is 5.77. The van der Waals surface area contributed by atoms with Gasteiger partial charge in [0.15, 0.2) is 0 Å². The molecule has 2 unspecified atom stereocenters. The SMILES string of the molecule is COC(=O)C(F)(F)C(F)(F)OC(F)(C(F)(F)F)C(F)(F)OC(F)(C(F)(F)F)C(F)(F)OC(F)=C(F)F. The minimum Gasteiger partial charge on any atom is -0.464 e. The van der Waals surface area contributed by atoms with Gasteiger partial charge in [-0.1, -0.05) is 0 Å². The molecule has 0 bridgehead atoms. The van der Waals surface area contributed by atoms with Crippen LogP contribution in [-0.2, 0) is 23.7 Å². The van der Waals surface area contributed by atoms with E-state index in [2.05, 4.69) is 4.74 Å². The second-order valence-electron chi connectivity index (χ2n) is 5.64. The van der Waals surface area contributed by atoms with Crippen molar-refractivity contribution >= 4 is 5.97 Å². The lowest BCUT2D eigenvalue weighted by atomic mass is 10.2. The van der Waals surface area contributed by atoms with Gasteiger partial charge in [-0.05, 0) is 0 Å². The molecule has 0 amide bonds. The molecule has 36 heavy (non-hydrogen) atoms. The van der Waals surface area contributed by atoms with Crippen molar-refractivity contribution in [1.29, 1.82) is 0 Å². The van der Waals surface area contributed by atoms with Crippen LogP contribution in [0, 0.1) is 0 Å². The van der Waals surface area contributed by atoms with Crippen molar-refractivity contribution in [2.24, 2.45) is 0 Å². The van der Waals surface area contributed by atoms with Crippen LogP contribution in [0.3, 0.4) is 0 Å². The van der Waals surface area contributed by atoms with Gasteiger partial charge >= 0.3 is 66.4 Å². The van der Waals surface area contributed by atoms with Crippen LogP contribution < -0.4 is 0 Å². The second-order valence-corrected chi connectivity index (χ2v) is 5.64. The van der Waals surface area contributed by atoms with E-state index in [0.717, 1.165) is 0 Å². The fraction of sp³-hybridized carbons (Fsp3) is 0.750. The van der Waals surface area contributed by atoms with E-state index in [0.29, 0.717) is 0 Å². The maximum Gasteiger partial charge on any atom is 0.471 e. The lowest BCUT2D eigenvalue weighted by Gasteiger charge is -2.41. The van der Waals surface area contributed by atoms with Crippen LogP contribution in [0.25, 0.3) is 0 Å². The van der Waals surface area contributed by atoms with Crippen LogP contribution in [0.15, 0.2) is 12.1 Å². The molecule has 0 N–H and O–H groups in total. The normalized spacial score (nSPS) is 17.7. The largest absolute Gasteiger partial charge is 0.471 e. The lowest BCUT2D eigenvalue weighted by molar-refractivity contribution is -0.563. The highest BCUT2D eigenvalue weighted by atomic mass is 19.4. The summed E-state index contributed by atoms with van der Waals surface area (Å²) >= 11 is 0. The molecule has 2 atom stereocenters. The third-order valence-electron chi connectivity index (χ3n) is 3.19. The number of hydrogen-bond donors (Lipinski definition) is 0. The summed E-state index contributed by atoms with van der Waals surface area (Å²) in [6.45, 7) is 0. The summed E-state index contributed by atoms with van der Waals surface area (Å²) in [4.78, 5) is 10.5. The smallest absolute Gasteiger partial charge is 0.464 e. The molecule has 0 aliphatic carbocycles. The molecule has 24 heteroatoms. The first-order valence-corrected chi connectivity index (χ1v) is 7.38. The van der Waals surface area contributed by atoms with Gasteiger partial charge in [-0.25, -0.2) is 4.79 Å². The molecule has 214 valence electrons. The monoisotopic (exact) mass is 588 g/mol. The van der Waals surface area contributed by atoms with Crippen LogP contribution in [0.5, 0.6) is 0 Å². The Labute approximate surface area is 182 Å². The summed E-state index contributed by atoms with van der Waals surface area (Å²) in [5, 5.41) is 0. The fourth-order valence-corrected chi connectivity index (χ4v) is 1.51. The number of carbonyl (C=O) groups is 1. The Kier molecular flexibility index (Phi) is 8.85.